The minimum atomic E-state index is -3.47. The van der Waals surface area contributed by atoms with Crippen molar-refractivity contribution >= 4 is 26.7 Å². The standard InChI is InChI=1S/C23H29N3O3S/c1-5-26(6-2)30(28,29)19-13-11-18(12-14-19)16(3)25-17(4)23(27)21-15-24-22-10-8-7-9-20(21)22/h7-17,24-25H,5-6H2,1-4H3/p+1/t16-,17-/m0/s1. The molecule has 6 nitrogen and oxygen atoms in total. The van der Waals surface area contributed by atoms with Crippen molar-refractivity contribution in [1.82, 2.24) is 9.29 Å². The molecule has 1 heterocycles. The van der Waals surface area contributed by atoms with Gasteiger partial charge in [0.1, 0.15) is 12.1 Å². The SMILES string of the molecule is CCN(CC)S(=O)(=O)c1ccc([C@H](C)[NH2+][C@@H](C)C(=O)c2c[nH]c3ccccc23)cc1. The third kappa shape index (κ3) is 4.33. The number of benzene rings is 2. The number of rotatable bonds is 9. The van der Waals surface area contributed by atoms with Crippen molar-refractivity contribution in [3.8, 4) is 0 Å². The van der Waals surface area contributed by atoms with E-state index < -0.39 is 10.0 Å². The molecule has 0 saturated heterocycles. The van der Waals surface area contributed by atoms with Crippen LogP contribution in [0.4, 0.5) is 0 Å². The Kier molecular flexibility index (Phi) is 6.75. The van der Waals surface area contributed by atoms with Crippen LogP contribution in [0.3, 0.4) is 0 Å². The quantitative estimate of drug-likeness (QED) is 0.514. The summed E-state index contributed by atoms with van der Waals surface area (Å²) in [6.45, 7) is 8.47. The topological polar surface area (TPSA) is 86.8 Å². The highest BCUT2D eigenvalue weighted by atomic mass is 32.2. The Morgan fingerprint density at radius 1 is 1.03 bits per heavy atom. The van der Waals surface area contributed by atoms with E-state index >= 15 is 0 Å². The first kappa shape index (κ1) is 22.2. The van der Waals surface area contributed by atoms with Crippen molar-refractivity contribution < 1.29 is 18.5 Å². The number of carbonyl (C=O) groups excluding carboxylic acids is 1. The van der Waals surface area contributed by atoms with Gasteiger partial charge in [0.15, 0.2) is 0 Å². The zero-order valence-electron chi connectivity index (χ0n) is 17.9. The maximum atomic E-state index is 13.0. The molecule has 0 aliphatic carbocycles. The molecule has 3 rings (SSSR count). The third-order valence-corrected chi connectivity index (χ3v) is 7.66. The molecule has 30 heavy (non-hydrogen) atoms. The van der Waals surface area contributed by atoms with E-state index in [2.05, 4.69) is 4.98 Å². The lowest BCUT2D eigenvalue weighted by Crippen LogP contribution is -2.91. The van der Waals surface area contributed by atoms with Crippen LogP contribution in [0.5, 0.6) is 0 Å². The van der Waals surface area contributed by atoms with Gasteiger partial charge in [-0.15, -0.1) is 0 Å². The summed E-state index contributed by atoms with van der Waals surface area (Å²) in [4.78, 5) is 16.4. The Morgan fingerprint density at radius 2 is 1.67 bits per heavy atom. The van der Waals surface area contributed by atoms with Crippen molar-refractivity contribution in [2.24, 2.45) is 0 Å². The Labute approximate surface area is 178 Å². The number of quaternary nitrogens is 1. The lowest BCUT2D eigenvalue weighted by atomic mass is 10.0. The average Bonchev–Trinajstić information content (AvgIpc) is 3.18. The molecule has 0 aliphatic heterocycles. The van der Waals surface area contributed by atoms with Gasteiger partial charge in [-0.05, 0) is 32.0 Å². The van der Waals surface area contributed by atoms with Gasteiger partial charge >= 0.3 is 0 Å². The number of fused-ring (bicyclic) bond motifs is 1. The number of para-hydroxylation sites is 1. The monoisotopic (exact) mass is 428 g/mol. The zero-order valence-corrected chi connectivity index (χ0v) is 18.7. The molecule has 0 bridgehead atoms. The third-order valence-electron chi connectivity index (χ3n) is 5.59. The lowest BCUT2D eigenvalue weighted by Gasteiger charge is -2.19. The van der Waals surface area contributed by atoms with E-state index in [-0.39, 0.29) is 17.9 Å². The number of aromatic nitrogens is 1. The van der Waals surface area contributed by atoms with Crippen LogP contribution in [0, 0.1) is 0 Å². The Bertz CT molecular complexity index is 1120. The smallest absolute Gasteiger partial charge is 0.243 e. The predicted molar refractivity (Wildman–Crippen MR) is 119 cm³/mol. The number of carbonyl (C=O) groups is 1. The van der Waals surface area contributed by atoms with Crippen LogP contribution in [0.15, 0.2) is 59.6 Å². The largest absolute Gasteiger partial charge is 0.360 e. The van der Waals surface area contributed by atoms with Crippen molar-refractivity contribution in [2.75, 3.05) is 13.1 Å². The second-order valence-electron chi connectivity index (χ2n) is 7.54. The van der Waals surface area contributed by atoms with Crippen molar-refractivity contribution in [1.29, 1.82) is 0 Å². The molecule has 0 unspecified atom stereocenters. The number of aromatic amines is 1. The second kappa shape index (κ2) is 9.12. The fraction of sp³-hybridized carbons (Fsp3) is 0.348. The first-order chi connectivity index (χ1) is 14.3. The summed E-state index contributed by atoms with van der Waals surface area (Å²) >= 11 is 0. The fourth-order valence-corrected chi connectivity index (χ4v) is 5.27. The molecule has 2 aromatic carbocycles. The zero-order chi connectivity index (χ0) is 21.9. The molecule has 0 aliphatic rings. The molecule has 7 heteroatoms. The van der Waals surface area contributed by atoms with E-state index in [1.54, 1.807) is 18.3 Å². The first-order valence-electron chi connectivity index (χ1n) is 10.3. The number of hydrogen-bond donors (Lipinski definition) is 2. The Hall–Kier alpha value is -2.48. The van der Waals surface area contributed by atoms with Crippen LogP contribution in [0.25, 0.3) is 10.9 Å². The van der Waals surface area contributed by atoms with Gasteiger partial charge in [0, 0.05) is 41.3 Å². The Balaban J connectivity index is 1.72. The van der Waals surface area contributed by atoms with Gasteiger partial charge in [-0.1, -0.05) is 44.2 Å². The summed E-state index contributed by atoms with van der Waals surface area (Å²) in [5.41, 5.74) is 2.63. The van der Waals surface area contributed by atoms with E-state index in [1.807, 2.05) is 69.4 Å². The van der Waals surface area contributed by atoms with E-state index in [9.17, 15) is 13.2 Å². The summed E-state index contributed by atoms with van der Waals surface area (Å²) in [5, 5.41) is 2.94. The Morgan fingerprint density at radius 3 is 2.30 bits per heavy atom. The molecular formula is C23H30N3O3S+. The second-order valence-corrected chi connectivity index (χ2v) is 9.48. The highest BCUT2D eigenvalue weighted by Crippen LogP contribution is 2.20. The fourth-order valence-electron chi connectivity index (χ4n) is 3.81. The molecule has 2 atom stereocenters. The van der Waals surface area contributed by atoms with E-state index in [1.165, 1.54) is 4.31 Å². The summed E-state index contributed by atoms with van der Waals surface area (Å²) in [6, 6.07) is 14.5. The molecule has 0 spiro atoms. The van der Waals surface area contributed by atoms with Gasteiger partial charge in [0.05, 0.1) is 4.90 Å². The van der Waals surface area contributed by atoms with Crippen LogP contribution in [-0.2, 0) is 10.0 Å². The first-order valence-corrected chi connectivity index (χ1v) is 11.8. The number of nitrogens with zero attached hydrogens (tertiary/aromatic N) is 1. The molecule has 160 valence electrons. The highest BCUT2D eigenvalue weighted by molar-refractivity contribution is 7.89. The number of H-pyrrole nitrogens is 1. The van der Waals surface area contributed by atoms with Gasteiger partial charge in [-0.2, -0.15) is 4.31 Å². The number of sulfonamides is 1. The number of Topliss-reactive ketones (excluding diaryl/α,β-unsaturated/α-hetero) is 1. The summed E-state index contributed by atoms with van der Waals surface area (Å²) < 4.78 is 26.7. The number of ketones is 1. The minimum absolute atomic E-state index is 0.0133. The van der Waals surface area contributed by atoms with E-state index in [4.69, 9.17) is 0 Å². The van der Waals surface area contributed by atoms with Crippen molar-refractivity contribution in [2.45, 2.75) is 44.7 Å². The molecule has 1 aromatic heterocycles. The predicted octanol–water partition coefficient (Wildman–Crippen LogP) is 3.09. The van der Waals surface area contributed by atoms with E-state index in [0.717, 1.165) is 16.5 Å². The maximum absolute atomic E-state index is 13.0. The van der Waals surface area contributed by atoms with Gasteiger partial charge < -0.3 is 10.3 Å². The molecule has 3 N–H and O–H groups in total. The van der Waals surface area contributed by atoms with Gasteiger partial charge in [-0.3, -0.25) is 4.79 Å². The van der Waals surface area contributed by atoms with Crippen molar-refractivity contribution in [3.05, 3.63) is 65.9 Å². The van der Waals surface area contributed by atoms with Gasteiger partial charge in [0.25, 0.3) is 0 Å². The normalized spacial score (nSPS) is 14.2. The highest BCUT2D eigenvalue weighted by Gasteiger charge is 2.25. The molecule has 3 aromatic rings. The number of nitrogens with one attached hydrogen (secondary N) is 1. The van der Waals surface area contributed by atoms with Crippen LogP contribution in [0.1, 0.15) is 49.7 Å². The summed E-state index contributed by atoms with van der Waals surface area (Å²) in [7, 11) is -3.47. The van der Waals surface area contributed by atoms with E-state index in [0.29, 0.717) is 23.5 Å². The van der Waals surface area contributed by atoms with Crippen LogP contribution in [0.2, 0.25) is 0 Å². The molecule has 0 radical (unpaired) electrons. The molecule has 0 fully saturated rings. The molecule has 0 saturated carbocycles. The number of nitrogens with two attached hydrogens (primary N) is 1. The average molecular weight is 429 g/mol. The van der Waals surface area contributed by atoms with Crippen molar-refractivity contribution in [3.63, 3.8) is 0 Å². The van der Waals surface area contributed by atoms with Gasteiger partial charge in [-0.25, -0.2) is 8.42 Å². The minimum Gasteiger partial charge on any atom is -0.360 e. The maximum Gasteiger partial charge on any atom is 0.243 e. The molecular weight excluding hydrogens is 398 g/mol. The number of hydrogen-bond acceptors (Lipinski definition) is 3. The molecule has 0 amide bonds. The van der Waals surface area contributed by atoms with Crippen LogP contribution < -0.4 is 5.32 Å². The van der Waals surface area contributed by atoms with Gasteiger partial charge in [0.2, 0.25) is 15.8 Å². The summed E-state index contributed by atoms with van der Waals surface area (Å²) in [5.74, 6) is 0.0695. The summed E-state index contributed by atoms with van der Waals surface area (Å²) in [6.07, 6.45) is 1.77. The van der Waals surface area contributed by atoms with Crippen LogP contribution >= 0.6 is 0 Å². The lowest BCUT2D eigenvalue weighted by molar-refractivity contribution is -0.709. The van der Waals surface area contributed by atoms with Crippen LogP contribution in [-0.4, -0.2) is 42.6 Å².